The van der Waals surface area contributed by atoms with Gasteiger partial charge in [0.25, 0.3) is 0 Å². The zero-order valence-electron chi connectivity index (χ0n) is 17.2. The van der Waals surface area contributed by atoms with Crippen LogP contribution in [-0.2, 0) is 6.54 Å². The molecule has 2 aromatic rings. The van der Waals surface area contributed by atoms with Crippen molar-refractivity contribution >= 4 is 5.82 Å². The van der Waals surface area contributed by atoms with Crippen LogP contribution in [0, 0.1) is 5.92 Å². The number of hydrogen-bond acceptors (Lipinski definition) is 7. The van der Waals surface area contributed by atoms with Gasteiger partial charge in [-0.3, -0.25) is 10.1 Å². The van der Waals surface area contributed by atoms with E-state index >= 15 is 0 Å². The second kappa shape index (κ2) is 8.97. The molecule has 0 saturated carbocycles. The third kappa shape index (κ3) is 4.07. The van der Waals surface area contributed by atoms with Crippen LogP contribution in [0.4, 0.5) is 10.2 Å². The zero-order chi connectivity index (χ0) is 20.3. The maximum Gasteiger partial charge on any atom is 0.128 e. The summed E-state index contributed by atoms with van der Waals surface area (Å²) in [4.78, 5) is 7.44. The van der Waals surface area contributed by atoms with E-state index in [2.05, 4.69) is 49.7 Å². The van der Waals surface area contributed by atoms with E-state index in [4.69, 9.17) is 4.98 Å². The highest BCUT2D eigenvalue weighted by Crippen LogP contribution is 2.38. The van der Waals surface area contributed by atoms with Crippen molar-refractivity contribution in [1.82, 2.24) is 36.2 Å². The molecular formula is C21H31FN8. The van der Waals surface area contributed by atoms with E-state index in [0.29, 0.717) is 18.5 Å². The largest absolute Gasteiger partial charge is 0.355 e. The van der Waals surface area contributed by atoms with Gasteiger partial charge in [-0.15, -0.1) is 0 Å². The molecule has 3 aliphatic rings. The van der Waals surface area contributed by atoms with Crippen molar-refractivity contribution in [2.75, 3.05) is 44.3 Å². The molecule has 8 nitrogen and oxygen atoms in total. The van der Waals surface area contributed by atoms with Crippen LogP contribution in [0.1, 0.15) is 36.2 Å². The monoisotopic (exact) mass is 414 g/mol. The van der Waals surface area contributed by atoms with E-state index < -0.39 is 6.67 Å². The lowest BCUT2D eigenvalue weighted by atomic mass is 9.82. The lowest BCUT2D eigenvalue weighted by Gasteiger charge is -2.34. The third-order valence-corrected chi connectivity index (χ3v) is 6.57. The molecule has 0 amide bonds. The molecule has 5 heterocycles. The Hall–Kier alpha value is -2.07. The Kier molecular flexibility index (Phi) is 5.94. The number of hydrazine groups is 1. The van der Waals surface area contributed by atoms with Crippen LogP contribution in [-0.4, -0.2) is 60.2 Å². The average Bonchev–Trinajstić information content (AvgIpc) is 3.32. The van der Waals surface area contributed by atoms with Gasteiger partial charge in [0, 0.05) is 55.9 Å². The van der Waals surface area contributed by atoms with Crippen LogP contribution in [0.5, 0.6) is 0 Å². The normalized spacial score (nSPS) is 29.6. The highest BCUT2D eigenvalue weighted by Gasteiger charge is 2.42. The number of aromatic nitrogens is 3. The molecule has 0 aromatic carbocycles. The van der Waals surface area contributed by atoms with Gasteiger partial charge < -0.3 is 15.5 Å². The Bertz CT molecular complexity index is 834. The average molecular weight is 415 g/mol. The SMILES string of the molecule is FCCn1cc(C2CC3C(CN2)NNC3c2cccc(N3CCCNCC3)n2)cn1. The summed E-state index contributed by atoms with van der Waals surface area (Å²) in [6, 6.07) is 7.15. The molecule has 4 N–H and O–H groups in total. The minimum absolute atomic E-state index is 0.172. The first-order chi connectivity index (χ1) is 14.8. The zero-order valence-corrected chi connectivity index (χ0v) is 17.2. The predicted octanol–water partition coefficient (Wildman–Crippen LogP) is 0.916. The van der Waals surface area contributed by atoms with Crippen molar-refractivity contribution in [2.24, 2.45) is 5.92 Å². The topological polar surface area (TPSA) is 82.1 Å². The van der Waals surface area contributed by atoms with Gasteiger partial charge >= 0.3 is 0 Å². The summed E-state index contributed by atoms with van der Waals surface area (Å²) in [6.07, 6.45) is 5.96. The Morgan fingerprint density at radius 1 is 1.17 bits per heavy atom. The van der Waals surface area contributed by atoms with Crippen molar-refractivity contribution in [3.05, 3.63) is 41.9 Å². The molecule has 0 bridgehead atoms. The molecule has 0 radical (unpaired) electrons. The van der Waals surface area contributed by atoms with Gasteiger partial charge in [-0.05, 0) is 31.5 Å². The molecule has 3 fully saturated rings. The van der Waals surface area contributed by atoms with Crippen LogP contribution < -0.4 is 26.4 Å². The second-order valence-corrected chi connectivity index (χ2v) is 8.47. The number of anilines is 1. The highest BCUT2D eigenvalue weighted by molar-refractivity contribution is 5.40. The van der Waals surface area contributed by atoms with E-state index in [1.54, 1.807) is 4.68 Å². The minimum Gasteiger partial charge on any atom is -0.355 e. The van der Waals surface area contributed by atoms with E-state index in [0.717, 1.165) is 62.6 Å². The summed E-state index contributed by atoms with van der Waals surface area (Å²) in [7, 11) is 0. The second-order valence-electron chi connectivity index (χ2n) is 8.47. The first kappa shape index (κ1) is 19.9. The van der Waals surface area contributed by atoms with E-state index in [1.807, 2.05) is 12.4 Å². The van der Waals surface area contributed by atoms with Gasteiger partial charge in [0.15, 0.2) is 0 Å². The van der Waals surface area contributed by atoms with E-state index in [1.165, 1.54) is 0 Å². The quantitative estimate of drug-likeness (QED) is 0.579. The Morgan fingerprint density at radius 2 is 2.13 bits per heavy atom. The summed E-state index contributed by atoms with van der Waals surface area (Å²) in [5.41, 5.74) is 9.19. The highest BCUT2D eigenvalue weighted by atomic mass is 19.1. The summed E-state index contributed by atoms with van der Waals surface area (Å²) in [5, 5.41) is 11.4. The molecule has 9 heteroatoms. The fraction of sp³-hybridized carbons (Fsp3) is 0.619. The van der Waals surface area contributed by atoms with Gasteiger partial charge in [-0.1, -0.05) is 6.07 Å². The maximum absolute atomic E-state index is 12.6. The predicted molar refractivity (Wildman–Crippen MR) is 114 cm³/mol. The molecule has 3 aliphatic heterocycles. The summed E-state index contributed by atoms with van der Waals surface area (Å²) in [6.45, 7) is 4.91. The van der Waals surface area contributed by atoms with Crippen LogP contribution >= 0.6 is 0 Å². The lowest BCUT2D eigenvalue weighted by Crippen LogP contribution is -2.46. The number of pyridine rings is 1. The fourth-order valence-corrected chi connectivity index (χ4v) is 4.95. The first-order valence-corrected chi connectivity index (χ1v) is 11.1. The molecule has 5 rings (SSSR count). The molecule has 0 spiro atoms. The number of nitrogens with one attached hydrogen (secondary N) is 4. The Morgan fingerprint density at radius 3 is 3.07 bits per heavy atom. The van der Waals surface area contributed by atoms with Crippen molar-refractivity contribution in [1.29, 1.82) is 0 Å². The van der Waals surface area contributed by atoms with Crippen LogP contribution in [0.2, 0.25) is 0 Å². The number of rotatable bonds is 5. The molecule has 4 unspecified atom stereocenters. The number of nitrogens with zero attached hydrogens (tertiary/aromatic N) is 4. The fourth-order valence-electron chi connectivity index (χ4n) is 4.95. The number of hydrogen-bond donors (Lipinski definition) is 4. The molecule has 4 atom stereocenters. The Balaban J connectivity index is 1.32. The number of piperidine rings is 1. The molecule has 162 valence electrons. The smallest absolute Gasteiger partial charge is 0.128 e. The number of alkyl halides is 1. The van der Waals surface area contributed by atoms with Gasteiger partial charge in [0.1, 0.15) is 12.5 Å². The van der Waals surface area contributed by atoms with E-state index in [9.17, 15) is 4.39 Å². The summed E-state index contributed by atoms with van der Waals surface area (Å²) >= 11 is 0. The van der Waals surface area contributed by atoms with Gasteiger partial charge in [0.2, 0.25) is 0 Å². The van der Waals surface area contributed by atoms with Crippen molar-refractivity contribution in [3.63, 3.8) is 0 Å². The van der Waals surface area contributed by atoms with Crippen LogP contribution in [0.3, 0.4) is 0 Å². The molecular weight excluding hydrogens is 383 g/mol. The standard InChI is InChI=1S/C21H31FN8/c22-5-9-30-14-15(12-25-30)18-11-16-19(13-24-18)27-28-21(16)17-3-1-4-20(26-17)29-8-2-6-23-7-10-29/h1,3-4,12,14,16,18-19,21,23-24,27-28H,2,5-11,13H2. The van der Waals surface area contributed by atoms with Gasteiger partial charge in [0.05, 0.1) is 24.5 Å². The van der Waals surface area contributed by atoms with Crippen molar-refractivity contribution in [2.45, 2.75) is 37.5 Å². The number of halogens is 1. The molecule has 30 heavy (non-hydrogen) atoms. The van der Waals surface area contributed by atoms with Crippen molar-refractivity contribution < 1.29 is 4.39 Å². The number of fused-ring (bicyclic) bond motifs is 1. The van der Waals surface area contributed by atoms with Crippen LogP contribution in [0.25, 0.3) is 0 Å². The molecule has 0 aliphatic carbocycles. The summed E-state index contributed by atoms with van der Waals surface area (Å²) in [5.74, 6) is 1.49. The van der Waals surface area contributed by atoms with E-state index in [-0.39, 0.29) is 12.1 Å². The molecule has 2 aromatic heterocycles. The minimum atomic E-state index is -0.394. The Labute approximate surface area is 176 Å². The van der Waals surface area contributed by atoms with Crippen molar-refractivity contribution in [3.8, 4) is 0 Å². The molecule has 3 saturated heterocycles. The van der Waals surface area contributed by atoms with Gasteiger partial charge in [-0.25, -0.2) is 14.8 Å². The maximum atomic E-state index is 12.6. The number of aryl methyl sites for hydroxylation is 1. The third-order valence-electron chi connectivity index (χ3n) is 6.57. The first-order valence-electron chi connectivity index (χ1n) is 11.1. The van der Waals surface area contributed by atoms with Crippen LogP contribution in [0.15, 0.2) is 30.6 Å². The summed E-state index contributed by atoms with van der Waals surface area (Å²) < 4.78 is 14.3. The van der Waals surface area contributed by atoms with Gasteiger partial charge in [-0.2, -0.15) is 5.10 Å². The lowest BCUT2D eigenvalue weighted by molar-refractivity contribution is 0.265.